The summed E-state index contributed by atoms with van der Waals surface area (Å²) in [5.74, 6) is 0.0674. The van der Waals surface area contributed by atoms with Gasteiger partial charge in [-0.05, 0) is 26.8 Å². The van der Waals surface area contributed by atoms with E-state index in [1.807, 2.05) is 17.9 Å². The zero-order chi connectivity index (χ0) is 24.6. The Kier molecular flexibility index (Phi) is 6.58. The van der Waals surface area contributed by atoms with Crippen LogP contribution in [-0.4, -0.2) is 51.9 Å². The molecule has 0 bridgehead atoms. The highest BCUT2D eigenvalue weighted by Gasteiger charge is 2.23. The number of nitrogens with zero attached hydrogens (tertiary/aromatic N) is 5. The van der Waals surface area contributed by atoms with E-state index in [0.717, 1.165) is 17.4 Å². The third-order valence-corrected chi connectivity index (χ3v) is 6.14. The number of benzene rings is 1. The highest BCUT2D eigenvalue weighted by atomic mass is 19.3. The van der Waals surface area contributed by atoms with Crippen LogP contribution in [0.2, 0.25) is 0 Å². The first kappa shape index (κ1) is 23.7. The maximum absolute atomic E-state index is 14.7. The van der Waals surface area contributed by atoms with Gasteiger partial charge in [0.2, 0.25) is 5.91 Å². The fourth-order valence-electron chi connectivity index (χ4n) is 4.29. The summed E-state index contributed by atoms with van der Waals surface area (Å²) in [6.45, 7) is 9.50. The van der Waals surface area contributed by atoms with Crippen LogP contribution in [0, 0.1) is 19.7 Å². The molecule has 1 N–H and O–H groups in total. The molecule has 1 aliphatic rings. The molecule has 180 valence electrons. The summed E-state index contributed by atoms with van der Waals surface area (Å²) in [4.78, 5) is 29.3. The highest BCUT2D eigenvalue weighted by Crippen LogP contribution is 2.32. The molecule has 3 heterocycles. The quantitative estimate of drug-likeness (QED) is 0.587. The molecule has 1 atom stereocenters. The number of hydrogen-bond acceptors (Lipinski definition) is 6. The van der Waals surface area contributed by atoms with Crippen molar-refractivity contribution in [3.8, 4) is 0 Å². The van der Waals surface area contributed by atoms with Crippen molar-refractivity contribution >= 4 is 28.4 Å². The number of pyridine rings is 1. The number of carbonyl (C=O) groups is 1. The normalized spacial score (nSPS) is 15.2. The lowest BCUT2D eigenvalue weighted by atomic mass is 10.0. The molecule has 1 aromatic carbocycles. The van der Waals surface area contributed by atoms with Crippen molar-refractivity contribution in [2.45, 2.75) is 40.2 Å². The minimum Gasteiger partial charge on any atom is -0.366 e. The van der Waals surface area contributed by atoms with Gasteiger partial charge in [0.05, 0.1) is 28.4 Å². The van der Waals surface area contributed by atoms with E-state index in [-0.39, 0.29) is 11.5 Å². The number of amides is 1. The van der Waals surface area contributed by atoms with Gasteiger partial charge in [-0.25, -0.2) is 28.1 Å². The molecular weight excluding hydrogens is 445 g/mol. The zero-order valence-electron chi connectivity index (χ0n) is 19.6. The standard InChI is InChI=1S/C24H27F3N6O/c1-13(17-6-5-7-18(21(17)25)22(26)27)28-23-19-12-20(14(2)29-24(19)31-15(3)30-23)33-10-8-32(9-11-33)16(4)34/h5-7,12-13,22H,8-11H2,1-4H3,(H,28,29,30,31)/t13-/m1/s1. The summed E-state index contributed by atoms with van der Waals surface area (Å²) in [6, 6.07) is 5.31. The minimum atomic E-state index is -2.90. The van der Waals surface area contributed by atoms with Crippen LogP contribution >= 0.6 is 0 Å². The van der Waals surface area contributed by atoms with Crippen molar-refractivity contribution < 1.29 is 18.0 Å². The molecule has 3 aromatic rings. The Labute approximate surface area is 196 Å². The number of alkyl halides is 2. The SMILES string of the molecule is CC(=O)N1CCN(c2cc3c(N[C@H](C)c4cccc(C(F)F)c4F)nc(C)nc3nc2C)CC1. The largest absolute Gasteiger partial charge is 0.366 e. The van der Waals surface area contributed by atoms with Crippen molar-refractivity contribution in [2.24, 2.45) is 0 Å². The zero-order valence-corrected chi connectivity index (χ0v) is 19.6. The van der Waals surface area contributed by atoms with Gasteiger partial charge in [-0.1, -0.05) is 18.2 Å². The second-order valence-corrected chi connectivity index (χ2v) is 8.49. The summed E-state index contributed by atoms with van der Waals surface area (Å²) in [6.07, 6.45) is -2.90. The van der Waals surface area contributed by atoms with Gasteiger partial charge < -0.3 is 15.1 Å². The fourth-order valence-corrected chi connectivity index (χ4v) is 4.29. The number of anilines is 2. The number of carbonyl (C=O) groups excluding carboxylic acids is 1. The molecular formula is C24H27F3N6O. The number of aromatic nitrogens is 3. The maximum atomic E-state index is 14.7. The molecule has 0 aliphatic carbocycles. The molecule has 1 amide bonds. The van der Waals surface area contributed by atoms with Gasteiger partial charge in [0.15, 0.2) is 5.65 Å². The Morgan fingerprint density at radius 3 is 2.38 bits per heavy atom. The Morgan fingerprint density at radius 2 is 1.74 bits per heavy atom. The molecule has 0 spiro atoms. The average Bonchev–Trinajstić information content (AvgIpc) is 2.78. The van der Waals surface area contributed by atoms with Crippen LogP contribution in [0.1, 0.15) is 49.0 Å². The number of aryl methyl sites for hydroxylation is 2. The monoisotopic (exact) mass is 472 g/mol. The molecule has 34 heavy (non-hydrogen) atoms. The summed E-state index contributed by atoms with van der Waals surface area (Å²) in [7, 11) is 0. The lowest BCUT2D eigenvalue weighted by molar-refractivity contribution is -0.129. The average molecular weight is 473 g/mol. The van der Waals surface area contributed by atoms with Crippen LogP contribution in [-0.2, 0) is 4.79 Å². The molecule has 1 fully saturated rings. The molecule has 7 nitrogen and oxygen atoms in total. The van der Waals surface area contributed by atoms with Gasteiger partial charge in [0, 0.05) is 38.7 Å². The van der Waals surface area contributed by atoms with Crippen LogP contribution < -0.4 is 10.2 Å². The summed E-state index contributed by atoms with van der Waals surface area (Å²) < 4.78 is 41.1. The lowest BCUT2D eigenvalue weighted by Crippen LogP contribution is -2.48. The molecule has 0 radical (unpaired) electrons. The number of halogens is 3. The Morgan fingerprint density at radius 1 is 1.06 bits per heavy atom. The van der Waals surface area contributed by atoms with E-state index in [2.05, 4.69) is 25.2 Å². The van der Waals surface area contributed by atoms with Gasteiger partial charge in [0.25, 0.3) is 6.43 Å². The molecule has 1 saturated heterocycles. The van der Waals surface area contributed by atoms with Gasteiger partial charge in [-0.15, -0.1) is 0 Å². The third kappa shape index (κ3) is 4.62. The topological polar surface area (TPSA) is 74.2 Å². The van der Waals surface area contributed by atoms with Gasteiger partial charge in [0.1, 0.15) is 17.5 Å². The second-order valence-electron chi connectivity index (χ2n) is 8.49. The molecule has 4 rings (SSSR count). The minimum absolute atomic E-state index is 0.0560. The first-order valence-electron chi connectivity index (χ1n) is 11.1. The van der Waals surface area contributed by atoms with Gasteiger partial charge >= 0.3 is 0 Å². The number of nitrogens with one attached hydrogen (secondary N) is 1. The Balaban J connectivity index is 1.69. The van der Waals surface area contributed by atoms with Crippen molar-refractivity contribution in [3.05, 3.63) is 52.7 Å². The van der Waals surface area contributed by atoms with Crippen molar-refractivity contribution in [1.29, 1.82) is 0 Å². The van der Waals surface area contributed by atoms with E-state index < -0.39 is 23.8 Å². The molecule has 0 saturated carbocycles. The molecule has 10 heteroatoms. The van der Waals surface area contributed by atoms with Gasteiger partial charge in [-0.2, -0.15) is 0 Å². The summed E-state index contributed by atoms with van der Waals surface area (Å²) in [5.41, 5.74) is 1.70. The molecule has 1 aliphatic heterocycles. The molecule has 2 aromatic heterocycles. The summed E-state index contributed by atoms with van der Waals surface area (Å²) in [5, 5.41) is 3.82. The molecule has 0 unspecified atom stereocenters. The van der Waals surface area contributed by atoms with E-state index in [0.29, 0.717) is 48.9 Å². The van der Waals surface area contributed by atoms with Crippen LogP contribution in [0.4, 0.5) is 24.7 Å². The second kappa shape index (κ2) is 9.44. The van der Waals surface area contributed by atoms with E-state index in [1.165, 1.54) is 12.1 Å². The Hall–Kier alpha value is -3.43. The van der Waals surface area contributed by atoms with Gasteiger partial charge in [-0.3, -0.25) is 4.79 Å². The maximum Gasteiger partial charge on any atom is 0.266 e. The van der Waals surface area contributed by atoms with Crippen molar-refractivity contribution in [2.75, 3.05) is 36.4 Å². The first-order valence-corrected chi connectivity index (χ1v) is 11.1. The van der Waals surface area contributed by atoms with Crippen molar-refractivity contribution in [3.63, 3.8) is 0 Å². The van der Waals surface area contributed by atoms with E-state index in [9.17, 15) is 18.0 Å². The van der Waals surface area contributed by atoms with Crippen molar-refractivity contribution in [1.82, 2.24) is 19.9 Å². The fraction of sp³-hybridized carbons (Fsp3) is 0.417. The number of hydrogen-bond donors (Lipinski definition) is 1. The summed E-state index contributed by atoms with van der Waals surface area (Å²) >= 11 is 0. The van der Waals surface area contributed by atoms with Crippen LogP contribution in [0.5, 0.6) is 0 Å². The third-order valence-electron chi connectivity index (χ3n) is 6.14. The number of rotatable bonds is 5. The first-order chi connectivity index (χ1) is 16.2. The lowest BCUT2D eigenvalue weighted by Gasteiger charge is -2.36. The smallest absolute Gasteiger partial charge is 0.266 e. The van der Waals surface area contributed by atoms with Crippen LogP contribution in [0.3, 0.4) is 0 Å². The Bertz CT molecular complexity index is 1230. The highest BCUT2D eigenvalue weighted by molar-refractivity contribution is 5.90. The van der Waals surface area contributed by atoms with E-state index in [1.54, 1.807) is 20.8 Å². The predicted octanol–water partition coefficient (Wildman–Crippen LogP) is 4.56. The number of piperazine rings is 1. The number of fused-ring (bicyclic) bond motifs is 1. The van der Waals surface area contributed by atoms with E-state index in [4.69, 9.17) is 0 Å². The van der Waals surface area contributed by atoms with E-state index >= 15 is 0 Å². The van der Waals surface area contributed by atoms with Crippen LogP contribution in [0.25, 0.3) is 11.0 Å². The predicted molar refractivity (Wildman–Crippen MR) is 125 cm³/mol. The van der Waals surface area contributed by atoms with Crippen LogP contribution in [0.15, 0.2) is 24.3 Å².